The lowest BCUT2D eigenvalue weighted by Gasteiger charge is -2.38. The van der Waals surface area contributed by atoms with Gasteiger partial charge in [-0.15, -0.1) is 0 Å². The summed E-state index contributed by atoms with van der Waals surface area (Å²) in [6, 6.07) is 8.26. The summed E-state index contributed by atoms with van der Waals surface area (Å²) in [6.45, 7) is 7.59. The highest BCUT2D eigenvalue weighted by molar-refractivity contribution is 5.34. The number of hydrogen-bond acceptors (Lipinski definition) is 3. The highest BCUT2D eigenvalue weighted by Gasteiger charge is 2.35. The summed E-state index contributed by atoms with van der Waals surface area (Å²) >= 11 is 0. The van der Waals surface area contributed by atoms with E-state index in [-0.39, 0.29) is 5.54 Å². The van der Waals surface area contributed by atoms with Gasteiger partial charge in [0.05, 0.1) is 7.11 Å². The lowest BCUT2D eigenvalue weighted by molar-refractivity contribution is 0.137. The van der Waals surface area contributed by atoms with Gasteiger partial charge in [-0.2, -0.15) is 0 Å². The van der Waals surface area contributed by atoms with Gasteiger partial charge < -0.3 is 10.5 Å². The summed E-state index contributed by atoms with van der Waals surface area (Å²) in [7, 11) is 1.73. The zero-order valence-corrected chi connectivity index (χ0v) is 12.4. The molecule has 0 saturated carbocycles. The van der Waals surface area contributed by atoms with Gasteiger partial charge >= 0.3 is 0 Å². The first-order chi connectivity index (χ1) is 9.09. The second-order valence-electron chi connectivity index (χ2n) is 6.03. The van der Waals surface area contributed by atoms with Crippen LogP contribution in [0.4, 0.5) is 0 Å². The maximum atomic E-state index is 6.09. The molecule has 2 atom stereocenters. The molecule has 1 heterocycles. The Bertz CT molecular complexity index is 421. The first-order valence-electron chi connectivity index (χ1n) is 7.16. The average molecular weight is 262 g/mol. The number of ether oxygens (including phenoxy) is 1. The Kier molecular flexibility index (Phi) is 4.48. The normalized spacial score (nSPS) is 23.3. The molecule has 1 aromatic rings. The Morgan fingerprint density at radius 3 is 2.74 bits per heavy atom. The van der Waals surface area contributed by atoms with Gasteiger partial charge in [-0.05, 0) is 43.9 Å². The SMILES string of the molecule is COc1ccccc1CC(C)(CN)N1CCC(C)C1. The highest BCUT2D eigenvalue weighted by atomic mass is 16.5. The fourth-order valence-corrected chi connectivity index (χ4v) is 3.00. The van der Waals surface area contributed by atoms with Crippen molar-refractivity contribution in [2.24, 2.45) is 11.7 Å². The molecule has 1 fully saturated rings. The van der Waals surface area contributed by atoms with E-state index >= 15 is 0 Å². The minimum absolute atomic E-state index is 0.0272. The van der Waals surface area contributed by atoms with Crippen LogP contribution in [0, 0.1) is 5.92 Å². The first kappa shape index (κ1) is 14.4. The molecule has 1 saturated heterocycles. The summed E-state index contributed by atoms with van der Waals surface area (Å²) in [5.41, 5.74) is 7.36. The van der Waals surface area contributed by atoms with E-state index in [1.54, 1.807) is 7.11 Å². The maximum Gasteiger partial charge on any atom is 0.122 e. The van der Waals surface area contributed by atoms with Gasteiger partial charge in [0, 0.05) is 18.6 Å². The topological polar surface area (TPSA) is 38.5 Å². The van der Waals surface area contributed by atoms with E-state index in [1.165, 1.54) is 12.0 Å². The van der Waals surface area contributed by atoms with E-state index in [1.807, 2.05) is 12.1 Å². The van der Waals surface area contributed by atoms with E-state index in [4.69, 9.17) is 10.5 Å². The van der Waals surface area contributed by atoms with E-state index in [9.17, 15) is 0 Å². The minimum Gasteiger partial charge on any atom is -0.496 e. The van der Waals surface area contributed by atoms with Gasteiger partial charge in [-0.3, -0.25) is 4.90 Å². The van der Waals surface area contributed by atoms with Crippen LogP contribution >= 0.6 is 0 Å². The summed E-state index contributed by atoms with van der Waals surface area (Å²) < 4.78 is 5.46. The molecule has 106 valence electrons. The van der Waals surface area contributed by atoms with Crippen LogP contribution in [0.25, 0.3) is 0 Å². The van der Waals surface area contributed by atoms with Crippen LogP contribution in [0.1, 0.15) is 25.8 Å². The Morgan fingerprint density at radius 1 is 1.42 bits per heavy atom. The number of methoxy groups -OCH3 is 1. The molecule has 0 amide bonds. The van der Waals surface area contributed by atoms with Gasteiger partial charge in [0.25, 0.3) is 0 Å². The average Bonchev–Trinajstić information content (AvgIpc) is 2.86. The quantitative estimate of drug-likeness (QED) is 0.885. The van der Waals surface area contributed by atoms with Crippen LogP contribution in [0.15, 0.2) is 24.3 Å². The molecule has 0 radical (unpaired) electrons. The number of para-hydroxylation sites is 1. The Labute approximate surface area is 116 Å². The molecule has 1 aliphatic heterocycles. The Hall–Kier alpha value is -1.06. The predicted octanol–water partition coefficient (Wildman–Crippen LogP) is 2.30. The molecule has 2 rings (SSSR count). The number of nitrogens with zero attached hydrogens (tertiary/aromatic N) is 1. The molecule has 3 heteroatoms. The molecule has 0 spiro atoms. The predicted molar refractivity (Wildman–Crippen MR) is 79.5 cm³/mol. The fraction of sp³-hybridized carbons (Fsp3) is 0.625. The zero-order valence-electron chi connectivity index (χ0n) is 12.4. The van der Waals surface area contributed by atoms with Crippen molar-refractivity contribution in [3.8, 4) is 5.75 Å². The third-order valence-corrected chi connectivity index (χ3v) is 4.39. The van der Waals surface area contributed by atoms with Gasteiger partial charge in [-0.25, -0.2) is 0 Å². The smallest absolute Gasteiger partial charge is 0.122 e. The number of nitrogens with two attached hydrogens (primary N) is 1. The van der Waals surface area contributed by atoms with Crippen molar-refractivity contribution in [3.05, 3.63) is 29.8 Å². The van der Waals surface area contributed by atoms with Crippen LogP contribution in [-0.4, -0.2) is 37.2 Å². The van der Waals surface area contributed by atoms with Crippen molar-refractivity contribution in [2.45, 2.75) is 32.2 Å². The van der Waals surface area contributed by atoms with E-state index in [2.05, 4.69) is 30.9 Å². The van der Waals surface area contributed by atoms with Crippen LogP contribution in [0.2, 0.25) is 0 Å². The Morgan fingerprint density at radius 2 is 2.16 bits per heavy atom. The maximum absolute atomic E-state index is 6.09. The van der Waals surface area contributed by atoms with Crippen molar-refractivity contribution < 1.29 is 4.74 Å². The number of hydrogen-bond donors (Lipinski definition) is 1. The van der Waals surface area contributed by atoms with Crippen molar-refractivity contribution >= 4 is 0 Å². The molecular formula is C16H26N2O. The lowest BCUT2D eigenvalue weighted by atomic mass is 9.90. The van der Waals surface area contributed by atoms with Crippen LogP contribution < -0.4 is 10.5 Å². The Balaban J connectivity index is 2.18. The van der Waals surface area contributed by atoms with E-state index in [0.717, 1.165) is 31.2 Å². The second-order valence-corrected chi connectivity index (χ2v) is 6.03. The number of benzene rings is 1. The van der Waals surface area contributed by atoms with Gasteiger partial charge in [0.2, 0.25) is 0 Å². The van der Waals surface area contributed by atoms with Gasteiger partial charge in [-0.1, -0.05) is 25.1 Å². The molecule has 1 aromatic carbocycles. The molecule has 1 aliphatic rings. The first-order valence-corrected chi connectivity index (χ1v) is 7.16. The summed E-state index contributed by atoms with van der Waals surface area (Å²) in [6.07, 6.45) is 2.22. The van der Waals surface area contributed by atoms with Crippen molar-refractivity contribution in [2.75, 3.05) is 26.7 Å². The van der Waals surface area contributed by atoms with Gasteiger partial charge in [0.1, 0.15) is 5.75 Å². The molecule has 19 heavy (non-hydrogen) atoms. The van der Waals surface area contributed by atoms with Crippen molar-refractivity contribution in [1.29, 1.82) is 0 Å². The summed E-state index contributed by atoms with van der Waals surface area (Å²) in [5, 5.41) is 0. The van der Waals surface area contributed by atoms with Crippen molar-refractivity contribution in [1.82, 2.24) is 4.90 Å². The molecule has 2 unspecified atom stereocenters. The molecule has 0 bridgehead atoms. The largest absolute Gasteiger partial charge is 0.496 e. The summed E-state index contributed by atoms with van der Waals surface area (Å²) in [5.74, 6) is 1.75. The fourth-order valence-electron chi connectivity index (χ4n) is 3.00. The third kappa shape index (κ3) is 3.10. The standard InChI is InChI=1S/C16H26N2O/c1-13-8-9-18(11-13)16(2,12-17)10-14-6-4-5-7-15(14)19-3/h4-7,13H,8-12,17H2,1-3H3. The molecule has 0 aromatic heterocycles. The van der Waals surface area contributed by atoms with Crippen LogP contribution in [-0.2, 0) is 6.42 Å². The number of likely N-dealkylation sites (tertiary alicyclic amines) is 1. The van der Waals surface area contributed by atoms with E-state index in [0.29, 0.717) is 6.54 Å². The second kappa shape index (κ2) is 5.93. The van der Waals surface area contributed by atoms with Crippen molar-refractivity contribution in [3.63, 3.8) is 0 Å². The zero-order chi connectivity index (χ0) is 13.9. The number of rotatable bonds is 5. The van der Waals surface area contributed by atoms with E-state index < -0.39 is 0 Å². The third-order valence-electron chi connectivity index (χ3n) is 4.39. The van der Waals surface area contributed by atoms with Gasteiger partial charge in [0.15, 0.2) is 0 Å². The molecule has 3 nitrogen and oxygen atoms in total. The van der Waals surface area contributed by atoms with Crippen LogP contribution in [0.5, 0.6) is 5.75 Å². The summed E-state index contributed by atoms with van der Waals surface area (Å²) in [4.78, 5) is 2.55. The molecule has 0 aliphatic carbocycles. The monoisotopic (exact) mass is 262 g/mol. The molecule has 2 N–H and O–H groups in total. The highest BCUT2D eigenvalue weighted by Crippen LogP contribution is 2.30. The van der Waals surface area contributed by atoms with Crippen LogP contribution in [0.3, 0.4) is 0 Å². The molecular weight excluding hydrogens is 236 g/mol. The minimum atomic E-state index is 0.0272. The lowest BCUT2D eigenvalue weighted by Crippen LogP contribution is -2.52.